The van der Waals surface area contributed by atoms with Gasteiger partial charge in [-0.05, 0) is 43.1 Å². The van der Waals surface area contributed by atoms with Crippen LogP contribution in [0, 0.1) is 0 Å². The smallest absolute Gasteiger partial charge is 0.0589 e. The summed E-state index contributed by atoms with van der Waals surface area (Å²) in [6.07, 6.45) is 7.00. The molecule has 1 atom stereocenters. The number of nitrogens with two attached hydrogens (primary N) is 1. The summed E-state index contributed by atoms with van der Waals surface area (Å²) >= 11 is 5.89. The summed E-state index contributed by atoms with van der Waals surface area (Å²) in [4.78, 5) is 8.54. The van der Waals surface area contributed by atoms with Crippen LogP contribution in [0.15, 0.2) is 36.8 Å². The molecule has 5 heteroatoms. The molecule has 0 bridgehead atoms. The molecule has 1 unspecified atom stereocenters. The minimum Gasteiger partial charge on any atom is -0.398 e. The molecule has 20 heavy (non-hydrogen) atoms. The summed E-state index contributed by atoms with van der Waals surface area (Å²) in [5, 5.41) is 4.13. The molecular formula is C15H19ClN4. The Kier molecular flexibility index (Phi) is 5.32. The van der Waals surface area contributed by atoms with Crippen molar-refractivity contribution in [2.24, 2.45) is 0 Å². The van der Waals surface area contributed by atoms with E-state index in [-0.39, 0.29) is 6.04 Å². The van der Waals surface area contributed by atoms with Crippen molar-refractivity contribution in [1.29, 1.82) is 0 Å². The molecule has 2 aromatic rings. The number of nitrogens with one attached hydrogen (secondary N) is 1. The monoisotopic (exact) mass is 290 g/mol. The molecule has 106 valence electrons. The lowest BCUT2D eigenvalue weighted by molar-refractivity contribution is 0.518. The van der Waals surface area contributed by atoms with Crippen molar-refractivity contribution in [2.45, 2.75) is 25.8 Å². The number of halogens is 1. The van der Waals surface area contributed by atoms with Crippen LogP contribution in [0.5, 0.6) is 0 Å². The standard InChI is InChI=1S/C15H19ClN4/c1-2-6-19-15(14-4-3-12(16)10-20-14)8-11-9-18-7-5-13(11)17/h3-5,7,9-10,15,19H,2,6,8H2,1H3,(H2,17,18). The Hall–Kier alpha value is -1.65. The van der Waals surface area contributed by atoms with E-state index in [0.29, 0.717) is 5.02 Å². The van der Waals surface area contributed by atoms with Gasteiger partial charge in [-0.25, -0.2) is 0 Å². The third-order valence-electron chi connectivity index (χ3n) is 3.11. The number of rotatable bonds is 6. The highest BCUT2D eigenvalue weighted by Crippen LogP contribution is 2.21. The van der Waals surface area contributed by atoms with Gasteiger partial charge in [-0.2, -0.15) is 0 Å². The van der Waals surface area contributed by atoms with Crippen LogP contribution in [0.3, 0.4) is 0 Å². The lowest BCUT2D eigenvalue weighted by Crippen LogP contribution is -2.25. The van der Waals surface area contributed by atoms with Gasteiger partial charge in [-0.3, -0.25) is 9.97 Å². The van der Waals surface area contributed by atoms with Gasteiger partial charge >= 0.3 is 0 Å². The zero-order valence-electron chi connectivity index (χ0n) is 11.5. The molecular weight excluding hydrogens is 272 g/mol. The van der Waals surface area contributed by atoms with E-state index in [2.05, 4.69) is 22.2 Å². The molecule has 2 heterocycles. The van der Waals surface area contributed by atoms with Crippen LogP contribution in [0.2, 0.25) is 5.02 Å². The topological polar surface area (TPSA) is 63.8 Å². The van der Waals surface area contributed by atoms with Gasteiger partial charge < -0.3 is 11.1 Å². The number of pyridine rings is 2. The van der Waals surface area contributed by atoms with Crippen LogP contribution < -0.4 is 11.1 Å². The number of hydrogen-bond acceptors (Lipinski definition) is 4. The largest absolute Gasteiger partial charge is 0.398 e. The zero-order valence-corrected chi connectivity index (χ0v) is 12.3. The third kappa shape index (κ3) is 3.92. The lowest BCUT2D eigenvalue weighted by Gasteiger charge is -2.19. The van der Waals surface area contributed by atoms with Crippen LogP contribution in [-0.4, -0.2) is 16.5 Å². The maximum Gasteiger partial charge on any atom is 0.0589 e. The first-order chi connectivity index (χ1) is 9.70. The van der Waals surface area contributed by atoms with Gasteiger partial charge in [0.2, 0.25) is 0 Å². The number of nitrogens with zero attached hydrogens (tertiary/aromatic N) is 2. The Morgan fingerprint density at radius 2 is 2.15 bits per heavy atom. The minimum atomic E-state index is 0.110. The molecule has 2 aromatic heterocycles. The molecule has 0 saturated carbocycles. The average Bonchev–Trinajstić information content (AvgIpc) is 2.46. The SMILES string of the molecule is CCCNC(Cc1cnccc1N)c1ccc(Cl)cn1. The van der Waals surface area contributed by atoms with Gasteiger partial charge in [0.15, 0.2) is 0 Å². The molecule has 0 aromatic carbocycles. The minimum absolute atomic E-state index is 0.110. The molecule has 0 saturated heterocycles. The Labute approximate surface area is 124 Å². The van der Waals surface area contributed by atoms with Crippen molar-refractivity contribution in [2.75, 3.05) is 12.3 Å². The Balaban J connectivity index is 2.19. The van der Waals surface area contributed by atoms with Crippen LogP contribution in [0.4, 0.5) is 5.69 Å². The van der Waals surface area contributed by atoms with E-state index in [1.165, 1.54) is 0 Å². The quantitative estimate of drug-likeness (QED) is 0.858. The van der Waals surface area contributed by atoms with E-state index in [1.54, 1.807) is 12.4 Å². The molecule has 2 rings (SSSR count). The summed E-state index contributed by atoms with van der Waals surface area (Å²) in [5.41, 5.74) is 8.74. The maximum atomic E-state index is 5.99. The first-order valence-electron chi connectivity index (χ1n) is 6.74. The second kappa shape index (κ2) is 7.22. The molecule has 0 aliphatic heterocycles. The molecule has 0 amide bonds. The first kappa shape index (κ1) is 14.8. The normalized spacial score (nSPS) is 12.3. The summed E-state index contributed by atoms with van der Waals surface area (Å²) in [6.45, 7) is 3.06. The molecule has 0 radical (unpaired) electrons. The van der Waals surface area contributed by atoms with Crippen molar-refractivity contribution in [1.82, 2.24) is 15.3 Å². The van der Waals surface area contributed by atoms with Crippen LogP contribution >= 0.6 is 11.6 Å². The fourth-order valence-electron chi connectivity index (χ4n) is 2.02. The van der Waals surface area contributed by atoms with Crippen molar-refractivity contribution in [3.63, 3.8) is 0 Å². The van der Waals surface area contributed by atoms with Gasteiger partial charge in [0, 0.05) is 24.3 Å². The number of nitrogen functional groups attached to an aromatic ring is 1. The number of aromatic nitrogens is 2. The van der Waals surface area contributed by atoms with E-state index in [9.17, 15) is 0 Å². The summed E-state index contributed by atoms with van der Waals surface area (Å²) in [5.74, 6) is 0. The fraction of sp³-hybridized carbons (Fsp3) is 0.333. The Morgan fingerprint density at radius 1 is 1.30 bits per heavy atom. The van der Waals surface area contributed by atoms with E-state index in [1.807, 2.05) is 24.4 Å². The summed E-state index contributed by atoms with van der Waals surface area (Å²) < 4.78 is 0. The second-order valence-electron chi connectivity index (χ2n) is 4.69. The van der Waals surface area contributed by atoms with Crippen LogP contribution in [-0.2, 0) is 6.42 Å². The van der Waals surface area contributed by atoms with Gasteiger partial charge in [0.05, 0.1) is 16.8 Å². The highest BCUT2D eigenvalue weighted by Gasteiger charge is 2.14. The van der Waals surface area contributed by atoms with Crippen LogP contribution in [0.25, 0.3) is 0 Å². The second-order valence-corrected chi connectivity index (χ2v) is 5.12. The summed E-state index contributed by atoms with van der Waals surface area (Å²) in [6, 6.07) is 5.74. The van der Waals surface area contributed by atoms with Crippen LogP contribution in [0.1, 0.15) is 30.6 Å². The van der Waals surface area contributed by atoms with E-state index < -0.39 is 0 Å². The Morgan fingerprint density at radius 3 is 2.80 bits per heavy atom. The van der Waals surface area contributed by atoms with E-state index in [0.717, 1.165) is 36.3 Å². The highest BCUT2D eigenvalue weighted by molar-refractivity contribution is 6.30. The third-order valence-corrected chi connectivity index (χ3v) is 3.34. The van der Waals surface area contributed by atoms with Crippen molar-refractivity contribution < 1.29 is 0 Å². The van der Waals surface area contributed by atoms with Crippen molar-refractivity contribution in [3.8, 4) is 0 Å². The molecule has 0 aliphatic carbocycles. The maximum absolute atomic E-state index is 5.99. The van der Waals surface area contributed by atoms with Gasteiger partial charge in [-0.1, -0.05) is 18.5 Å². The molecule has 3 N–H and O–H groups in total. The average molecular weight is 291 g/mol. The van der Waals surface area contributed by atoms with Gasteiger partial charge in [0.25, 0.3) is 0 Å². The van der Waals surface area contributed by atoms with E-state index in [4.69, 9.17) is 17.3 Å². The zero-order chi connectivity index (χ0) is 14.4. The Bertz CT molecular complexity index is 542. The predicted molar refractivity (Wildman–Crippen MR) is 82.6 cm³/mol. The van der Waals surface area contributed by atoms with Gasteiger partial charge in [0.1, 0.15) is 0 Å². The molecule has 4 nitrogen and oxygen atoms in total. The predicted octanol–water partition coefficient (Wildman–Crippen LogP) is 3.00. The highest BCUT2D eigenvalue weighted by atomic mass is 35.5. The molecule has 0 spiro atoms. The summed E-state index contributed by atoms with van der Waals surface area (Å²) in [7, 11) is 0. The lowest BCUT2D eigenvalue weighted by atomic mass is 10.0. The fourth-order valence-corrected chi connectivity index (χ4v) is 2.13. The molecule has 0 fully saturated rings. The first-order valence-corrected chi connectivity index (χ1v) is 7.11. The van der Waals surface area contributed by atoms with Crippen molar-refractivity contribution in [3.05, 3.63) is 53.1 Å². The van der Waals surface area contributed by atoms with Crippen molar-refractivity contribution >= 4 is 17.3 Å². The van der Waals surface area contributed by atoms with Gasteiger partial charge in [-0.15, -0.1) is 0 Å². The van der Waals surface area contributed by atoms with E-state index >= 15 is 0 Å². The number of hydrogen-bond donors (Lipinski definition) is 2. The number of anilines is 1. The molecule has 0 aliphatic rings.